The minimum atomic E-state index is -2.37. The van der Waals surface area contributed by atoms with Gasteiger partial charge in [-0.1, -0.05) is 19.9 Å². The van der Waals surface area contributed by atoms with Gasteiger partial charge in [-0.25, -0.2) is 0 Å². The van der Waals surface area contributed by atoms with E-state index in [1.54, 1.807) is 0 Å². The van der Waals surface area contributed by atoms with Crippen LogP contribution in [0.2, 0.25) is 0 Å². The average Bonchev–Trinajstić information content (AvgIpc) is 2.30. The van der Waals surface area contributed by atoms with E-state index < -0.39 is 7.37 Å². The third-order valence-electron chi connectivity index (χ3n) is 1.98. The molecule has 1 rings (SSSR count). The van der Waals surface area contributed by atoms with Crippen molar-refractivity contribution in [3.63, 3.8) is 0 Å². The Morgan fingerprint density at radius 3 is 2.91 bits per heavy atom. The lowest BCUT2D eigenvalue weighted by molar-refractivity contribution is 0.349. The molecule has 1 atom stereocenters. The Labute approximate surface area is 68.1 Å². The van der Waals surface area contributed by atoms with Crippen molar-refractivity contribution in [2.24, 2.45) is 0 Å². The zero-order valence-corrected chi connectivity index (χ0v) is 7.90. The lowest BCUT2D eigenvalue weighted by atomic mass is 10.4. The van der Waals surface area contributed by atoms with Crippen molar-refractivity contribution in [3.05, 3.63) is 11.9 Å². The van der Waals surface area contributed by atoms with Crippen LogP contribution in [-0.4, -0.2) is 12.8 Å². The predicted molar refractivity (Wildman–Crippen MR) is 47.1 cm³/mol. The van der Waals surface area contributed by atoms with Gasteiger partial charge in [0.25, 0.3) is 0 Å². The third kappa shape index (κ3) is 1.94. The number of hydrogen-bond acceptors (Lipinski definition) is 2. The van der Waals surface area contributed by atoms with Gasteiger partial charge in [-0.15, -0.1) is 0 Å². The van der Waals surface area contributed by atoms with E-state index in [2.05, 4.69) is 13.5 Å². The Kier molecular flexibility index (Phi) is 2.91. The van der Waals surface area contributed by atoms with E-state index in [0.29, 0.717) is 12.8 Å². The Morgan fingerprint density at radius 2 is 2.45 bits per heavy atom. The normalized spacial score (nSPS) is 31.2. The zero-order valence-electron chi connectivity index (χ0n) is 7.01. The van der Waals surface area contributed by atoms with Gasteiger partial charge in [0.2, 0.25) is 7.37 Å². The molecule has 11 heavy (non-hydrogen) atoms. The van der Waals surface area contributed by atoms with Crippen LogP contribution in [0.15, 0.2) is 11.9 Å². The van der Waals surface area contributed by atoms with Gasteiger partial charge in [0, 0.05) is 17.9 Å². The van der Waals surface area contributed by atoms with Gasteiger partial charge in [-0.05, 0) is 6.42 Å². The maximum absolute atomic E-state index is 11.8. The fourth-order valence-electron chi connectivity index (χ4n) is 1.16. The molecule has 0 saturated carbocycles. The van der Waals surface area contributed by atoms with Crippen molar-refractivity contribution in [2.45, 2.75) is 26.2 Å². The highest BCUT2D eigenvalue weighted by atomic mass is 31.2. The SMILES string of the molecule is C=C1CCOP1(=O)CCCC. The molecule has 0 radical (unpaired) electrons. The summed E-state index contributed by atoms with van der Waals surface area (Å²) < 4.78 is 17.0. The first-order chi connectivity index (χ1) is 5.19. The summed E-state index contributed by atoms with van der Waals surface area (Å²) in [7, 11) is -2.37. The van der Waals surface area contributed by atoms with Gasteiger partial charge in [-0.2, -0.15) is 0 Å². The van der Waals surface area contributed by atoms with Crippen LogP contribution in [0.4, 0.5) is 0 Å². The topological polar surface area (TPSA) is 26.3 Å². The largest absolute Gasteiger partial charge is 0.325 e. The number of unbranched alkanes of at least 4 members (excludes halogenated alkanes) is 1. The van der Waals surface area contributed by atoms with E-state index in [0.717, 1.165) is 24.6 Å². The summed E-state index contributed by atoms with van der Waals surface area (Å²) in [5.41, 5.74) is 0. The molecule has 3 heteroatoms. The lowest BCUT2D eigenvalue weighted by Crippen LogP contribution is -1.88. The standard InChI is InChI=1S/C8H15O2P/c1-3-4-7-11(9)8(2)5-6-10-11/h2-7H2,1H3. The Bertz CT molecular complexity index is 198. The van der Waals surface area contributed by atoms with E-state index in [4.69, 9.17) is 4.52 Å². The second-order valence-corrected chi connectivity index (χ2v) is 5.58. The molecule has 1 fully saturated rings. The second kappa shape index (κ2) is 3.55. The molecule has 1 aliphatic rings. The van der Waals surface area contributed by atoms with Crippen LogP contribution in [0, 0.1) is 0 Å². The van der Waals surface area contributed by atoms with Crippen molar-refractivity contribution in [1.82, 2.24) is 0 Å². The number of hydrogen-bond donors (Lipinski definition) is 0. The molecule has 2 nitrogen and oxygen atoms in total. The molecular formula is C8H15O2P. The first-order valence-corrected chi connectivity index (χ1v) is 5.92. The Hall–Kier alpha value is -0.0700. The number of rotatable bonds is 3. The first-order valence-electron chi connectivity index (χ1n) is 4.11. The molecule has 1 aliphatic heterocycles. The third-order valence-corrected chi connectivity index (χ3v) is 4.67. The molecule has 1 saturated heterocycles. The molecule has 1 heterocycles. The molecular weight excluding hydrogens is 159 g/mol. The summed E-state index contributed by atoms with van der Waals surface area (Å²) in [6, 6.07) is 0. The zero-order chi connectivity index (χ0) is 8.32. The van der Waals surface area contributed by atoms with Crippen molar-refractivity contribution in [2.75, 3.05) is 12.8 Å². The van der Waals surface area contributed by atoms with Crippen LogP contribution in [-0.2, 0) is 9.09 Å². The maximum atomic E-state index is 11.8. The first kappa shape index (κ1) is 9.02. The summed E-state index contributed by atoms with van der Waals surface area (Å²) in [6.45, 7) is 6.47. The molecule has 0 aromatic rings. The Balaban J connectivity index is 2.52. The smallest absolute Gasteiger partial charge is 0.227 e. The fraction of sp³-hybridized carbons (Fsp3) is 0.750. The average molecular weight is 174 g/mol. The van der Waals surface area contributed by atoms with Crippen molar-refractivity contribution < 1.29 is 9.09 Å². The molecule has 0 spiro atoms. The van der Waals surface area contributed by atoms with Crippen LogP contribution in [0.1, 0.15) is 26.2 Å². The second-order valence-electron chi connectivity index (χ2n) is 2.90. The Morgan fingerprint density at radius 1 is 1.73 bits per heavy atom. The monoisotopic (exact) mass is 174 g/mol. The van der Waals surface area contributed by atoms with Crippen LogP contribution in [0.5, 0.6) is 0 Å². The minimum absolute atomic E-state index is 0.611. The molecule has 0 aromatic heterocycles. The molecule has 64 valence electrons. The lowest BCUT2D eigenvalue weighted by Gasteiger charge is -2.10. The van der Waals surface area contributed by atoms with Gasteiger partial charge >= 0.3 is 0 Å². The van der Waals surface area contributed by atoms with Crippen molar-refractivity contribution in [3.8, 4) is 0 Å². The van der Waals surface area contributed by atoms with Gasteiger partial charge in [0.15, 0.2) is 0 Å². The molecule has 0 amide bonds. The van der Waals surface area contributed by atoms with Gasteiger partial charge in [0.1, 0.15) is 0 Å². The van der Waals surface area contributed by atoms with Crippen molar-refractivity contribution in [1.29, 1.82) is 0 Å². The molecule has 0 aromatic carbocycles. The van der Waals surface area contributed by atoms with Gasteiger partial charge < -0.3 is 4.52 Å². The summed E-state index contributed by atoms with van der Waals surface area (Å²) in [5, 5.41) is 0.839. The quantitative estimate of drug-likeness (QED) is 0.615. The molecule has 0 aliphatic carbocycles. The predicted octanol–water partition coefficient (Wildman–Crippen LogP) is 3.00. The minimum Gasteiger partial charge on any atom is -0.325 e. The molecule has 1 unspecified atom stereocenters. The van der Waals surface area contributed by atoms with Crippen LogP contribution < -0.4 is 0 Å². The highest BCUT2D eigenvalue weighted by molar-refractivity contribution is 7.63. The summed E-state index contributed by atoms with van der Waals surface area (Å²) in [6.07, 6.45) is 3.54. The van der Waals surface area contributed by atoms with Gasteiger partial charge in [0.05, 0.1) is 6.61 Å². The van der Waals surface area contributed by atoms with Crippen LogP contribution in [0.3, 0.4) is 0 Å². The summed E-state index contributed by atoms with van der Waals surface area (Å²) in [4.78, 5) is 0. The van der Waals surface area contributed by atoms with Crippen LogP contribution >= 0.6 is 7.37 Å². The fourth-order valence-corrected chi connectivity index (χ4v) is 3.34. The summed E-state index contributed by atoms with van der Waals surface area (Å²) in [5.74, 6) is 0. The van der Waals surface area contributed by atoms with Crippen LogP contribution in [0.25, 0.3) is 0 Å². The highest BCUT2D eigenvalue weighted by Crippen LogP contribution is 2.60. The molecule has 0 N–H and O–H groups in total. The maximum Gasteiger partial charge on any atom is 0.227 e. The molecule has 0 bridgehead atoms. The van der Waals surface area contributed by atoms with E-state index in [1.165, 1.54) is 0 Å². The highest BCUT2D eigenvalue weighted by Gasteiger charge is 2.31. The van der Waals surface area contributed by atoms with E-state index in [9.17, 15) is 4.57 Å². The van der Waals surface area contributed by atoms with E-state index in [1.807, 2.05) is 0 Å². The van der Waals surface area contributed by atoms with E-state index in [-0.39, 0.29) is 0 Å². The van der Waals surface area contributed by atoms with E-state index >= 15 is 0 Å². The van der Waals surface area contributed by atoms with Gasteiger partial charge in [-0.3, -0.25) is 4.57 Å². The summed E-state index contributed by atoms with van der Waals surface area (Å²) >= 11 is 0. The van der Waals surface area contributed by atoms with Crippen molar-refractivity contribution >= 4 is 7.37 Å².